The second-order valence-electron chi connectivity index (χ2n) is 5.34. The van der Waals surface area contributed by atoms with E-state index in [0.717, 1.165) is 32.2 Å². The van der Waals surface area contributed by atoms with Gasteiger partial charge in [-0.3, -0.25) is 9.59 Å². The summed E-state index contributed by atoms with van der Waals surface area (Å²) in [6, 6.07) is 4.95. The van der Waals surface area contributed by atoms with Gasteiger partial charge in [0.1, 0.15) is 6.29 Å². The standard InChI is InChI=1S/C17H23NO4/c1-2-21-16-11-14(12-19)7-8-15(16)22-13-17(20)18-9-5-3-4-6-10-18/h7-8,11-12H,2-6,9-10,13H2,1H3. The van der Waals surface area contributed by atoms with Crippen molar-refractivity contribution in [1.29, 1.82) is 0 Å². The lowest BCUT2D eigenvalue weighted by Crippen LogP contribution is -2.35. The molecule has 1 aromatic carbocycles. The van der Waals surface area contributed by atoms with Crippen LogP contribution in [0.15, 0.2) is 18.2 Å². The molecular weight excluding hydrogens is 282 g/mol. The molecule has 1 fully saturated rings. The van der Waals surface area contributed by atoms with Crippen molar-refractivity contribution in [3.8, 4) is 11.5 Å². The maximum atomic E-state index is 12.2. The average Bonchev–Trinajstić information content (AvgIpc) is 2.83. The van der Waals surface area contributed by atoms with Crippen molar-refractivity contribution in [3.05, 3.63) is 23.8 Å². The first kappa shape index (κ1) is 16.3. The third kappa shape index (κ3) is 4.48. The number of rotatable bonds is 6. The van der Waals surface area contributed by atoms with Crippen molar-refractivity contribution in [2.24, 2.45) is 0 Å². The summed E-state index contributed by atoms with van der Waals surface area (Å²) in [5, 5.41) is 0. The predicted octanol–water partition coefficient (Wildman–Crippen LogP) is 2.68. The monoisotopic (exact) mass is 305 g/mol. The van der Waals surface area contributed by atoms with E-state index in [1.165, 1.54) is 12.8 Å². The quantitative estimate of drug-likeness (QED) is 0.758. The van der Waals surface area contributed by atoms with Gasteiger partial charge in [-0.1, -0.05) is 12.8 Å². The number of carbonyl (C=O) groups is 2. The Bertz CT molecular complexity index is 507. The fourth-order valence-electron chi connectivity index (χ4n) is 2.54. The summed E-state index contributed by atoms with van der Waals surface area (Å²) >= 11 is 0. The molecule has 1 aromatic rings. The zero-order chi connectivity index (χ0) is 15.8. The molecule has 120 valence electrons. The largest absolute Gasteiger partial charge is 0.490 e. The lowest BCUT2D eigenvalue weighted by atomic mass is 10.2. The molecular formula is C17H23NO4. The topological polar surface area (TPSA) is 55.8 Å². The third-order valence-electron chi connectivity index (χ3n) is 3.71. The van der Waals surface area contributed by atoms with Crippen LogP contribution in [0.25, 0.3) is 0 Å². The number of carbonyl (C=O) groups excluding carboxylic acids is 2. The molecule has 0 aliphatic carbocycles. The Hall–Kier alpha value is -2.04. The Morgan fingerprint density at radius 1 is 1.14 bits per heavy atom. The number of aldehydes is 1. The lowest BCUT2D eigenvalue weighted by Gasteiger charge is -2.20. The van der Waals surface area contributed by atoms with Gasteiger partial charge in [0, 0.05) is 18.7 Å². The van der Waals surface area contributed by atoms with E-state index < -0.39 is 0 Å². The minimum Gasteiger partial charge on any atom is -0.490 e. The second kappa shape index (κ2) is 8.41. The highest BCUT2D eigenvalue weighted by Crippen LogP contribution is 2.28. The zero-order valence-electron chi connectivity index (χ0n) is 13.0. The normalized spacial score (nSPS) is 15.0. The molecule has 0 atom stereocenters. The highest BCUT2D eigenvalue weighted by atomic mass is 16.5. The third-order valence-corrected chi connectivity index (χ3v) is 3.71. The molecule has 0 N–H and O–H groups in total. The van der Waals surface area contributed by atoms with E-state index in [1.807, 2.05) is 11.8 Å². The summed E-state index contributed by atoms with van der Waals surface area (Å²) in [4.78, 5) is 24.9. The molecule has 1 amide bonds. The summed E-state index contributed by atoms with van der Waals surface area (Å²) in [6.45, 7) is 3.95. The molecule has 0 aromatic heterocycles. The summed E-state index contributed by atoms with van der Waals surface area (Å²) in [6.07, 6.45) is 5.25. The highest BCUT2D eigenvalue weighted by molar-refractivity contribution is 5.78. The van der Waals surface area contributed by atoms with Crippen LogP contribution in [0.2, 0.25) is 0 Å². The van der Waals surface area contributed by atoms with Crippen LogP contribution in [0.1, 0.15) is 43.0 Å². The van der Waals surface area contributed by atoms with Crippen LogP contribution in [-0.4, -0.2) is 43.4 Å². The SMILES string of the molecule is CCOc1cc(C=O)ccc1OCC(=O)N1CCCCCC1. The van der Waals surface area contributed by atoms with Crippen molar-refractivity contribution in [1.82, 2.24) is 4.90 Å². The summed E-state index contributed by atoms with van der Waals surface area (Å²) in [5.74, 6) is 0.996. The van der Waals surface area contributed by atoms with Crippen LogP contribution in [0.5, 0.6) is 11.5 Å². The van der Waals surface area contributed by atoms with Gasteiger partial charge < -0.3 is 14.4 Å². The Morgan fingerprint density at radius 3 is 2.50 bits per heavy atom. The molecule has 5 nitrogen and oxygen atoms in total. The van der Waals surface area contributed by atoms with E-state index in [0.29, 0.717) is 23.7 Å². The molecule has 1 aliphatic rings. The molecule has 1 aliphatic heterocycles. The average molecular weight is 305 g/mol. The van der Waals surface area contributed by atoms with Crippen LogP contribution in [-0.2, 0) is 4.79 Å². The van der Waals surface area contributed by atoms with Crippen LogP contribution in [0.3, 0.4) is 0 Å². The highest BCUT2D eigenvalue weighted by Gasteiger charge is 2.17. The Kier molecular flexibility index (Phi) is 6.25. The second-order valence-corrected chi connectivity index (χ2v) is 5.34. The van der Waals surface area contributed by atoms with Gasteiger partial charge in [0.15, 0.2) is 18.1 Å². The summed E-state index contributed by atoms with van der Waals surface area (Å²) < 4.78 is 11.1. The molecule has 22 heavy (non-hydrogen) atoms. The Labute approximate surface area is 131 Å². The molecule has 0 bridgehead atoms. The van der Waals surface area contributed by atoms with Crippen LogP contribution >= 0.6 is 0 Å². The van der Waals surface area contributed by atoms with Crippen molar-refractivity contribution >= 4 is 12.2 Å². The van der Waals surface area contributed by atoms with E-state index in [-0.39, 0.29) is 12.5 Å². The van der Waals surface area contributed by atoms with Crippen molar-refractivity contribution in [3.63, 3.8) is 0 Å². The molecule has 1 heterocycles. The minimum absolute atomic E-state index is 0.000506. The van der Waals surface area contributed by atoms with Crippen molar-refractivity contribution < 1.29 is 19.1 Å². The zero-order valence-corrected chi connectivity index (χ0v) is 13.0. The van der Waals surface area contributed by atoms with Gasteiger partial charge in [0.05, 0.1) is 6.61 Å². The molecule has 1 saturated heterocycles. The van der Waals surface area contributed by atoms with E-state index in [2.05, 4.69) is 0 Å². The predicted molar refractivity (Wildman–Crippen MR) is 83.5 cm³/mol. The van der Waals surface area contributed by atoms with E-state index >= 15 is 0 Å². The Balaban J connectivity index is 1.97. The van der Waals surface area contributed by atoms with E-state index in [1.54, 1.807) is 18.2 Å². The number of amides is 1. The van der Waals surface area contributed by atoms with Crippen LogP contribution < -0.4 is 9.47 Å². The van der Waals surface area contributed by atoms with Gasteiger partial charge in [-0.15, -0.1) is 0 Å². The summed E-state index contributed by atoms with van der Waals surface area (Å²) in [5.41, 5.74) is 0.523. The van der Waals surface area contributed by atoms with Gasteiger partial charge in [0.25, 0.3) is 5.91 Å². The lowest BCUT2D eigenvalue weighted by molar-refractivity contribution is -0.133. The smallest absolute Gasteiger partial charge is 0.260 e. The maximum absolute atomic E-state index is 12.2. The molecule has 5 heteroatoms. The molecule has 0 spiro atoms. The van der Waals surface area contributed by atoms with Gasteiger partial charge in [-0.25, -0.2) is 0 Å². The van der Waals surface area contributed by atoms with E-state index in [9.17, 15) is 9.59 Å². The first-order valence-electron chi connectivity index (χ1n) is 7.87. The maximum Gasteiger partial charge on any atom is 0.260 e. The molecule has 0 radical (unpaired) electrons. The number of ether oxygens (including phenoxy) is 2. The van der Waals surface area contributed by atoms with Crippen molar-refractivity contribution in [2.75, 3.05) is 26.3 Å². The Morgan fingerprint density at radius 2 is 1.86 bits per heavy atom. The number of hydrogen-bond acceptors (Lipinski definition) is 4. The van der Waals surface area contributed by atoms with Crippen molar-refractivity contribution in [2.45, 2.75) is 32.6 Å². The van der Waals surface area contributed by atoms with Crippen LogP contribution in [0.4, 0.5) is 0 Å². The van der Waals surface area contributed by atoms with Gasteiger partial charge >= 0.3 is 0 Å². The number of nitrogens with zero attached hydrogens (tertiary/aromatic N) is 1. The molecule has 0 saturated carbocycles. The number of likely N-dealkylation sites (tertiary alicyclic amines) is 1. The van der Waals surface area contributed by atoms with Gasteiger partial charge in [-0.05, 0) is 38.0 Å². The fraction of sp³-hybridized carbons (Fsp3) is 0.529. The minimum atomic E-state index is 0.000506. The fourth-order valence-corrected chi connectivity index (χ4v) is 2.54. The molecule has 0 unspecified atom stereocenters. The van der Waals surface area contributed by atoms with Gasteiger partial charge in [0.2, 0.25) is 0 Å². The first-order valence-corrected chi connectivity index (χ1v) is 7.87. The molecule has 2 rings (SSSR count). The first-order chi connectivity index (χ1) is 10.7. The van der Waals surface area contributed by atoms with E-state index in [4.69, 9.17) is 9.47 Å². The van der Waals surface area contributed by atoms with Crippen LogP contribution in [0, 0.1) is 0 Å². The van der Waals surface area contributed by atoms with Gasteiger partial charge in [-0.2, -0.15) is 0 Å². The summed E-state index contributed by atoms with van der Waals surface area (Å²) in [7, 11) is 0. The number of benzene rings is 1. The number of hydrogen-bond donors (Lipinski definition) is 0.